The average molecular weight is 330 g/mol. The minimum Gasteiger partial charge on any atom is -0.369 e. The number of hydrogen-bond acceptors (Lipinski definition) is 2. The zero-order valence-corrected chi connectivity index (χ0v) is 15.7. The standard InChI is InChI=1S/C20H30N2O2/c1-7-8-20(5,24-6)19(23)21-12-16-10-15-9-14(4)17(13(2)3)11-18(15)22-16/h9-11,13,22H,7-8,12H2,1-6H3,(H,21,23). The van der Waals surface area contributed by atoms with E-state index >= 15 is 0 Å². The van der Waals surface area contributed by atoms with Gasteiger partial charge in [0.2, 0.25) is 0 Å². The highest BCUT2D eigenvalue weighted by Crippen LogP contribution is 2.26. The van der Waals surface area contributed by atoms with Gasteiger partial charge in [-0.05, 0) is 60.9 Å². The van der Waals surface area contributed by atoms with Crippen molar-refractivity contribution in [2.24, 2.45) is 0 Å². The summed E-state index contributed by atoms with van der Waals surface area (Å²) in [6, 6.07) is 6.54. The molecule has 0 aliphatic heterocycles. The highest BCUT2D eigenvalue weighted by atomic mass is 16.5. The van der Waals surface area contributed by atoms with Crippen molar-refractivity contribution in [2.45, 2.75) is 65.5 Å². The van der Waals surface area contributed by atoms with Crippen LogP contribution in [0.2, 0.25) is 0 Å². The highest BCUT2D eigenvalue weighted by molar-refractivity contribution is 5.85. The lowest BCUT2D eigenvalue weighted by Crippen LogP contribution is -2.45. The summed E-state index contributed by atoms with van der Waals surface area (Å²) >= 11 is 0. The molecule has 2 aromatic rings. The van der Waals surface area contributed by atoms with E-state index in [2.05, 4.69) is 56.2 Å². The predicted octanol–water partition coefficient (Wildman–Crippen LogP) is 4.42. The number of aromatic amines is 1. The molecule has 0 spiro atoms. The fourth-order valence-corrected chi connectivity index (χ4v) is 3.24. The summed E-state index contributed by atoms with van der Waals surface area (Å²) in [5.74, 6) is 0.432. The number of H-pyrrole nitrogens is 1. The van der Waals surface area contributed by atoms with Gasteiger partial charge in [0.1, 0.15) is 5.60 Å². The lowest BCUT2D eigenvalue weighted by Gasteiger charge is -2.26. The van der Waals surface area contributed by atoms with Crippen LogP contribution in [-0.2, 0) is 16.1 Å². The SMILES string of the molecule is CCCC(C)(OC)C(=O)NCc1cc2cc(C)c(C(C)C)cc2[nH]1. The van der Waals surface area contributed by atoms with Gasteiger partial charge >= 0.3 is 0 Å². The molecule has 0 saturated heterocycles. The second kappa shape index (κ2) is 7.39. The van der Waals surface area contributed by atoms with Crippen LogP contribution in [0.1, 0.15) is 63.3 Å². The van der Waals surface area contributed by atoms with Gasteiger partial charge in [-0.25, -0.2) is 0 Å². The van der Waals surface area contributed by atoms with E-state index in [-0.39, 0.29) is 5.91 Å². The summed E-state index contributed by atoms with van der Waals surface area (Å²) in [6.07, 6.45) is 1.61. The Morgan fingerprint density at radius 3 is 2.62 bits per heavy atom. The Hall–Kier alpha value is -1.81. The number of ether oxygens (including phenoxy) is 1. The van der Waals surface area contributed by atoms with E-state index in [9.17, 15) is 4.79 Å². The number of hydrogen-bond donors (Lipinski definition) is 2. The summed E-state index contributed by atoms with van der Waals surface area (Å²) in [5, 5.41) is 4.18. The molecule has 1 atom stereocenters. The molecule has 132 valence electrons. The number of carbonyl (C=O) groups excluding carboxylic acids is 1. The summed E-state index contributed by atoms with van der Waals surface area (Å²) in [5.41, 5.74) is 4.03. The molecule has 2 rings (SSSR count). The molecule has 0 aliphatic rings. The Labute approximate surface area is 145 Å². The number of fused-ring (bicyclic) bond motifs is 1. The topological polar surface area (TPSA) is 54.1 Å². The number of nitrogens with one attached hydrogen (secondary N) is 2. The maximum absolute atomic E-state index is 12.4. The second-order valence-corrected chi connectivity index (χ2v) is 7.11. The van der Waals surface area contributed by atoms with Gasteiger partial charge in [-0.3, -0.25) is 4.79 Å². The van der Waals surface area contributed by atoms with Crippen LogP contribution in [0.4, 0.5) is 0 Å². The van der Waals surface area contributed by atoms with Gasteiger partial charge in [0.25, 0.3) is 5.91 Å². The van der Waals surface area contributed by atoms with Crippen LogP contribution in [0.15, 0.2) is 18.2 Å². The zero-order chi connectivity index (χ0) is 17.9. The second-order valence-electron chi connectivity index (χ2n) is 7.11. The molecular weight excluding hydrogens is 300 g/mol. The average Bonchev–Trinajstić information content (AvgIpc) is 2.93. The number of benzene rings is 1. The first-order valence-electron chi connectivity index (χ1n) is 8.76. The number of rotatable bonds is 7. The van der Waals surface area contributed by atoms with E-state index in [4.69, 9.17) is 4.74 Å². The largest absolute Gasteiger partial charge is 0.369 e. The van der Waals surface area contributed by atoms with E-state index in [1.54, 1.807) is 7.11 Å². The van der Waals surface area contributed by atoms with E-state index in [1.807, 2.05) is 6.92 Å². The number of aromatic nitrogens is 1. The fourth-order valence-electron chi connectivity index (χ4n) is 3.24. The first-order valence-corrected chi connectivity index (χ1v) is 8.76. The van der Waals surface area contributed by atoms with Gasteiger partial charge < -0.3 is 15.0 Å². The normalized spacial score (nSPS) is 14.1. The molecule has 1 heterocycles. The van der Waals surface area contributed by atoms with Crippen molar-refractivity contribution in [2.75, 3.05) is 7.11 Å². The van der Waals surface area contributed by atoms with Crippen LogP contribution in [-0.4, -0.2) is 23.6 Å². The summed E-state index contributed by atoms with van der Waals surface area (Å²) in [7, 11) is 1.59. The third kappa shape index (κ3) is 3.81. The first-order chi connectivity index (χ1) is 11.3. The molecule has 1 aromatic carbocycles. The molecule has 2 N–H and O–H groups in total. The zero-order valence-electron chi connectivity index (χ0n) is 15.7. The number of carbonyl (C=O) groups is 1. The fraction of sp³-hybridized carbons (Fsp3) is 0.550. The molecule has 4 nitrogen and oxygen atoms in total. The van der Waals surface area contributed by atoms with Crippen LogP contribution in [0.3, 0.4) is 0 Å². The van der Waals surface area contributed by atoms with E-state index in [0.717, 1.165) is 17.6 Å². The quantitative estimate of drug-likeness (QED) is 0.789. The lowest BCUT2D eigenvalue weighted by molar-refractivity contribution is -0.142. The minimum absolute atomic E-state index is 0.0652. The number of methoxy groups -OCH3 is 1. The third-order valence-electron chi connectivity index (χ3n) is 4.78. The van der Waals surface area contributed by atoms with Crippen LogP contribution in [0, 0.1) is 6.92 Å². The van der Waals surface area contributed by atoms with Gasteiger partial charge in [-0.1, -0.05) is 27.2 Å². The third-order valence-corrected chi connectivity index (χ3v) is 4.78. The van der Waals surface area contributed by atoms with Crippen molar-refractivity contribution in [1.82, 2.24) is 10.3 Å². The first kappa shape index (κ1) is 18.5. The van der Waals surface area contributed by atoms with E-state index < -0.39 is 5.60 Å². The lowest BCUT2D eigenvalue weighted by atomic mass is 9.97. The van der Waals surface area contributed by atoms with E-state index in [1.165, 1.54) is 16.5 Å². The van der Waals surface area contributed by atoms with Crippen LogP contribution < -0.4 is 5.32 Å². The Kier molecular flexibility index (Phi) is 5.70. The van der Waals surface area contributed by atoms with Crippen molar-refractivity contribution in [3.63, 3.8) is 0 Å². The number of aryl methyl sites for hydroxylation is 1. The summed E-state index contributed by atoms with van der Waals surface area (Å²) in [6.45, 7) is 10.9. The molecule has 0 fully saturated rings. The maximum atomic E-state index is 12.4. The van der Waals surface area contributed by atoms with Gasteiger partial charge in [0.05, 0.1) is 6.54 Å². The van der Waals surface area contributed by atoms with Crippen LogP contribution >= 0.6 is 0 Å². The smallest absolute Gasteiger partial charge is 0.252 e. The minimum atomic E-state index is -0.762. The molecule has 1 aromatic heterocycles. The maximum Gasteiger partial charge on any atom is 0.252 e. The molecule has 0 saturated carbocycles. The van der Waals surface area contributed by atoms with Crippen LogP contribution in [0.25, 0.3) is 10.9 Å². The van der Waals surface area contributed by atoms with Gasteiger partial charge in [0, 0.05) is 18.3 Å². The molecule has 1 unspecified atom stereocenters. The summed E-state index contributed by atoms with van der Waals surface area (Å²) < 4.78 is 5.42. The Morgan fingerprint density at radius 2 is 2.04 bits per heavy atom. The molecule has 1 amide bonds. The summed E-state index contributed by atoms with van der Waals surface area (Å²) in [4.78, 5) is 15.8. The predicted molar refractivity (Wildman–Crippen MR) is 99.3 cm³/mol. The molecular formula is C20H30N2O2. The Balaban J connectivity index is 2.15. The van der Waals surface area contributed by atoms with Crippen molar-refractivity contribution in [3.8, 4) is 0 Å². The molecule has 0 radical (unpaired) electrons. The van der Waals surface area contributed by atoms with Crippen molar-refractivity contribution >= 4 is 16.8 Å². The molecule has 0 aliphatic carbocycles. The highest BCUT2D eigenvalue weighted by Gasteiger charge is 2.31. The van der Waals surface area contributed by atoms with E-state index in [0.29, 0.717) is 18.9 Å². The van der Waals surface area contributed by atoms with Gasteiger partial charge in [0.15, 0.2) is 0 Å². The molecule has 24 heavy (non-hydrogen) atoms. The van der Waals surface area contributed by atoms with Crippen molar-refractivity contribution < 1.29 is 9.53 Å². The molecule has 4 heteroatoms. The Bertz CT molecular complexity index is 718. The Morgan fingerprint density at radius 1 is 1.33 bits per heavy atom. The molecule has 0 bridgehead atoms. The van der Waals surface area contributed by atoms with Crippen molar-refractivity contribution in [3.05, 3.63) is 35.0 Å². The van der Waals surface area contributed by atoms with Gasteiger partial charge in [-0.15, -0.1) is 0 Å². The number of amides is 1. The monoisotopic (exact) mass is 330 g/mol. The van der Waals surface area contributed by atoms with Gasteiger partial charge in [-0.2, -0.15) is 0 Å². The van der Waals surface area contributed by atoms with Crippen LogP contribution in [0.5, 0.6) is 0 Å². The van der Waals surface area contributed by atoms with Crippen molar-refractivity contribution in [1.29, 1.82) is 0 Å².